The fourth-order valence-electron chi connectivity index (χ4n) is 1.30. The van der Waals surface area contributed by atoms with Crippen molar-refractivity contribution in [2.75, 3.05) is 0 Å². The van der Waals surface area contributed by atoms with E-state index >= 15 is 0 Å². The Bertz CT molecular complexity index is 337. The number of carbonyl (C=O) groups excluding carboxylic acids is 2. The van der Waals surface area contributed by atoms with E-state index in [9.17, 15) is 9.59 Å². The fraction of sp³-hybridized carbons (Fsp3) is 0.333. The topological polar surface area (TPSA) is 39.1 Å². The van der Waals surface area contributed by atoms with Gasteiger partial charge in [-0.1, -0.05) is 0 Å². The molecule has 64 valence electrons. The molecule has 0 saturated heterocycles. The number of nitrogens with zero attached hydrogens (tertiary/aromatic N) is 1. The second kappa shape index (κ2) is 2.93. The van der Waals surface area contributed by atoms with E-state index in [1.54, 1.807) is 10.8 Å². The Morgan fingerprint density at radius 3 is 2.50 bits per heavy atom. The first-order valence-electron chi connectivity index (χ1n) is 3.70. The molecular formula is C9H11NO2. The van der Waals surface area contributed by atoms with Crippen molar-refractivity contribution in [2.45, 2.75) is 13.8 Å². The normalized spacial score (nSPS) is 9.92. The van der Waals surface area contributed by atoms with Gasteiger partial charge in [-0.25, -0.2) is 0 Å². The van der Waals surface area contributed by atoms with E-state index in [0.29, 0.717) is 17.4 Å². The van der Waals surface area contributed by atoms with Gasteiger partial charge in [0.2, 0.25) is 0 Å². The second-order valence-electron chi connectivity index (χ2n) is 2.83. The lowest BCUT2D eigenvalue weighted by molar-refractivity contribution is 0.100. The molecular weight excluding hydrogens is 154 g/mol. The van der Waals surface area contributed by atoms with Gasteiger partial charge in [-0.3, -0.25) is 9.59 Å². The van der Waals surface area contributed by atoms with Crippen molar-refractivity contribution in [1.82, 2.24) is 4.57 Å². The molecule has 1 aromatic rings. The Labute approximate surface area is 71.0 Å². The highest BCUT2D eigenvalue weighted by Gasteiger charge is 2.13. The molecule has 3 heteroatoms. The summed E-state index contributed by atoms with van der Waals surface area (Å²) in [6, 6.07) is 0. The first kappa shape index (κ1) is 8.71. The van der Waals surface area contributed by atoms with E-state index in [1.807, 2.05) is 14.0 Å². The number of hydrogen-bond donors (Lipinski definition) is 0. The van der Waals surface area contributed by atoms with E-state index < -0.39 is 0 Å². The Hall–Kier alpha value is -1.38. The van der Waals surface area contributed by atoms with Crippen LogP contribution in [0.5, 0.6) is 0 Å². The molecule has 0 atom stereocenters. The molecule has 1 heterocycles. The lowest BCUT2D eigenvalue weighted by Gasteiger charge is -1.96. The Kier molecular flexibility index (Phi) is 2.13. The van der Waals surface area contributed by atoms with Crippen LogP contribution in [0, 0.1) is 6.92 Å². The zero-order chi connectivity index (χ0) is 9.30. The highest BCUT2D eigenvalue weighted by molar-refractivity contribution is 6.02. The largest absolute Gasteiger partial charge is 0.353 e. The van der Waals surface area contributed by atoms with Crippen molar-refractivity contribution in [3.8, 4) is 0 Å². The number of ketones is 1. The van der Waals surface area contributed by atoms with Crippen molar-refractivity contribution in [2.24, 2.45) is 7.05 Å². The average molecular weight is 165 g/mol. The third-order valence-electron chi connectivity index (χ3n) is 1.99. The van der Waals surface area contributed by atoms with Crippen molar-refractivity contribution < 1.29 is 9.59 Å². The van der Waals surface area contributed by atoms with Gasteiger partial charge < -0.3 is 4.57 Å². The smallest absolute Gasteiger partial charge is 0.162 e. The molecule has 0 aliphatic rings. The van der Waals surface area contributed by atoms with Crippen LogP contribution in [0.3, 0.4) is 0 Å². The van der Waals surface area contributed by atoms with Gasteiger partial charge in [-0.05, 0) is 13.8 Å². The number of carbonyl (C=O) groups is 2. The molecule has 0 radical (unpaired) electrons. The molecule has 0 unspecified atom stereocenters. The molecule has 0 N–H and O–H groups in total. The molecule has 0 spiro atoms. The molecule has 0 aliphatic heterocycles. The summed E-state index contributed by atoms with van der Waals surface area (Å²) in [5.41, 5.74) is 1.85. The summed E-state index contributed by atoms with van der Waals surface area (Å²) in [4.78, 5) is 21.6. The van der Waals surface area contributed by atoms with Crippen LogP contribution in [0.25, 0.3) is 0 Å². The summed E-state index contributed by atoms with van der Waals surface area (Å²) in [5.74, 6) is -0.0600. The molecule has 1 rings (SSSR count). The first-order chi connectivity index (χ1) is 5.57. The molecule has 0 bridgehead atoms. The minimum Gasteiger partial charge on any atom is -0.353 e. The third-order valence-corrected chi connectivity index (χ3v) is 1.99. The maximum Gasteiger partial charge on any atom is 0.162 e. The van der Waals surface area contributed by atoms with Gasteiger partial charge in [0, 0.05) is 30.1 Å². The second-order valence-corrected chi connectivity index (χ2v) is 2.83. The van der Waals surface area contributed by atoms with Crippen LogP contribution in [0.4, 0.5) is 0 Å². The minimum absolute atomic E-state index is 0.0600. The summed E-state index contributed by atoms with van der Waals surface area (Å²) in [6.07, 6.45) is 2.38. The van der Waals surface area contributed by atoms with Gasteiger partial charge in [0.1, 0.15) is 0 Å². The van der Waals surface area contributed by atoms with Crippen LogP contribution in [-0.2, 0) is 7.05 Å². The predicted octanol–water partition coefficient (Wildman–Crippen LogP) is 1.35. The number of aldehydes is 1. The third kappa shape index (κ3) is 1.18. The SMILES string of the molecule is CC(=O)c1c(C=O)cn(C)c1C. The van der Waals surface area contributed by atoms with Crippen LogP contribution in [0.15, 0.2) is 6.20 Å². The van der Waals surface area contributed by atoms with Gasteiger partial charge in [0.25, 0.3) is 0 Å². The zero-order valence-electron chi connectivity index (χ0n) is 7.42. The molecule has 0 fully saturated rings. The molecule has 0 amide bonds. The fourth-order valence-corrected chi connectivity index (χ4v) is 1.30. The van der Waals surface area contributed by atoms with Gasteiger partial charge in [0.05, 0.1) is 0 Å². The molecule has 1 aromatic heterocycles. The van der Waals surface area contributed by atoms with Gasteiger partial charge in [-0.2, -0.15) is 0 Å². The number of rotatable bonds is 2. The van der Waals surface area contributed by atoms with Gasteiger partial charge >= 0.3 is 0 Å². The van der Waals surface area contributed by atoms with Crippen LogP contribution in [0.2, 0.25) is 0 Å². The summed E-state index contributed by atoms with van der Waals surface area (Å²) in [5, 5.41) is 0. The number of hydrogen-bond acceptors (Lipinski definition) is 2. The monoisotopic (exact) mass is 165 g/mol. The van der Waals surface area contributed by atoms with Crippen LogP contribution < -0.4 is 0 Å². The lowest BCUT2D eigenvalue weighted by Crippen LogP contribution is -1.98. The van der Waals surface area contributed by atoms with Crippen LogP contribution >= 0.6 is 0 Å². The Morgan fingerprint density at radius 2 is 2.17 bits per heavy atom. The Morgan fingerprint density at radius 1 is 1.58 bits per heavy atom. The average Bonchev–Trinajstić information content (AvgIpc) is 2.28. The minimum atomic E-state index is -0.0600. The molecule has 12 heavy (non-hydrogen) atoms. The van der Waals surface area contributed by atoms with E-state index in [-0.39, 0.29) is 5.78 Å². The van der Waals surface area contributed by atoms with E-state index in [2.05, 4.69) is 0 Å². The highest BCUT2D eigenvalue weighted by Crippen LogP contribution is 2.14. The molecule has 0 saturated carbocycles. The summed E-state index contributed by atoms with van der Waals surface area (Å²) >= 11 is 0. The lowest BCUT2D eigenvalue weighted by atomic mass is 10.1. The zero-order valence-corrected chi connectivity index (χ0v) is 7.42. The molecule has 0 aromatic carbocycles. The number of aromatic nitrogens is 1. The van der Waals surface area contributed by atoms with Crippen LogP contribution in [0.1, 0.15) is 33.3 Å². The maximum absolute atomic E-state index is 11.1. The van der Waals surface area contributed by atoms with Crippen molar-refractivity contribution in [1.29, 1.82) is 0 Å². The maximum atomic E-state index is 11.1. The molecule has 3 nitrogen and oxygen atoms in total. The van der Waals surface area contributed by atoms with Crippen molar-refractivity contribution in [3.63, 3.8) is 0 Å². The standard InChI is InChI=1S/C9H11NO2/c1-6-9(7(2)12)8(5-11)4-10(6)3/h4-5H,1-3H3. The van der Waals surface area contributed by atoms with Crippen molar-refractivity contribution in [3.05, 3.63) is 23.0 Å². The molecule has 0 aliphatic carbocycles. The van der Waals surface area contributed by atoms with Gasteiger partial charge in [0.15, 0.2) is 12.1 Å². The number of Topliss-reactive ketones (excluding diaryl/α,β-unsaturated/α-hetero) is 1. The highest BCUT2D eigenvalue weighted by atomic mass is 16.1. The summed E-state index contributed by atoms with van der Waals surface area (Å²) in [7, 11) is 1.81. The summed E-state index contributed by atoms with van der Waals surface area (Å²) < 4.78 is 1.78. The summed E-state index contributed by atoms with van der Waals surface area (Å²) in [6.45, 7) is 3.29. The van der Waals surface area contributed by atoms with Crippen LogP contribution in [-0.4, -0.2) is 16.6 Å². The number of aryl methyl sites for hydroxylation is 1. The van der Waals surface area contributed by atoms with E-state index in [0.717, 1.165) is 5.69 Å². The quantitative estimate of drug-likeness (QED) is 0.490. The van der Waals surface area contributed by atoms with Gasteiger partial charge in [-0.15, -0.1) is 0 Å². The first-order valence-corrected chi connectivity index (χ1v) is 3.70. The Balaban J connectivity index is 3.40. The van der Waals surface area contributed by atoms with Crippen molar-refractivity contribution >= 4 is 12.1 Å². The van der Waals surface area contributed by atoms with E-state index in [1.165, 1.54) is 6.92 Å². The van der Waals surface area contributed by atoms with E-state index in [4.69, 9.17) is 0 Å². The predicted molar refractivity (Wildman–Crippen MR) is 45.5 cm³/mol.